The lowest BCUT2D eigenvalue weighted by Gasteiger charge is -2.60. The van der Waals surface area contributed by atoms with Gasteiger partial charge < -0.3 is 19.7 Å². The van der Waals surface area contributed by atoms with Crippen molar-refractivity contribution in [2.75, 3.05) is 13.2 Å². The topological polar surface area (TPSA) is 79.3 Å². The number of esters is 1. The van der Waals surface area contributed by atoms with Gasteiger partial charge in [-0.15, -0.1) is 0 Å². The molecule has 5 rings (SSSR count). The summed E-state index contributed by atoms with van der Waals surface area (Å²) in [6.07, 6.45) is 15.2. The van der Waals surface area contributed by atoms with E-state index in [9.17, 15) is 15.0 Å². The number of epoxide rings is 1. The Bertz CT molecular complexity index is 777. The fourth-order valence-electron chi connectivity index (χ4n) is 7.63. The molecule has 1 saturated heterocycles. The Hall–Kier alpha value is -1.17. The Morgan fingerprint density at radius 3 is 2.55 bits per heavy atom. The monoisotopic (exact) mass is 430 g/mol. The first-order valence-electron chi connectivity index (χ1n) is 12.4. The van der Waals surface area contributed by atoms with Gasteiger partial charge in [-0.05, 0) is 61.9 Å². The van der Waals surface area contributed by atoms with E-state index in [0.717, 1.165) is 38.7 Å². The van der Waals surface area contributed by atoms with Crippen LogP contribution in [0.2, 0.25) is 0 Å². The van der Waals surface area contributed by atoms with Crippen molar-refractivity contribution in [3.8, 4) is 0 Å². The molecule has 0 aromatic heterocycles. The summed E-state index contributed by atoms with van der Waals surface area (Å²) >= 11 is 0. The van der Waals surface area contributed by atoms with Gasteiger partial charge in [-0.25, -0.2) is 4.79 Å². The number of fused-ring (bicyclic) bond motifs is 1. The van der Waals surface area contributed by atoms with E-state index in [0.29, 0.717) is 17.9 Å². The molecule has 0 amide bonds. The first-order valence-corrected chi connectivity index (χ1v) is 12.4. The van der Waals surface area contributed by atoms with Crippen LogP contribution in [0.25, 0.3) is 0 Å². The molecule has 4 fully saturated rings. The molecule has 2 N–H and O–H groups in total. The fourth-order valence-corrected chi connectivity index (χ4v) is 7.63. The van der Waals surface area contributed by atoms with Crippen molar-refractivity contribution in [3.05, 3.63) is 23.8 Å². The van der Waals surface area contributed by atoms with Gasteiger partial charge in [0.1, 0.15) is 6.10 Å². The number of cyclic esters (lactones) is 1. The van der Waals surface area contributed by atoms with E-state index < -0.39 is 11.5 Å². The average molecular weight is 431 g/mol. The largest absolute Gasteiger partial charge is 0.454 e. The number of carbonyl (C=O) groups excluding carboxylic acids is 1. The first-order chi connectivity index (χ1) is 14.8. The molecule has 0 aromatic carbocycles. The van der Waals surface area contributed by atoms with Gasteiger partial charge in [0.25, 0.3) is 0 Å². The lowest BCUT2D eigenvalue weighted by molar-refractivity contribution is -0.167. The Labute approximate surface area is 185 Å². The van der Waals surface area contributed by atoms with Gasteiger partial charge in [0, 0.05) is 11.3 Å². The van der Waals surface area contributed by atoms with Crippen LogP contribution >= 0.6 is 0 Å². The van der Waals surface area contributed by atoms with Gasteiger partial charge in [-0.3, -0.25) is 0 Å². The third-order valence-corrected chi connectivity index (χ3v) is 9.70. The molecule has 1 unspecified atom stereocenters. The summed E-state index contributed by atoms with van der Waals surface area (Å²) in [5, 5.41) is 20.9. The van der Waals surface area contributed by atoms with E-state index >= 15 is 0 Å². The zero-order chi connectivity index (χ0) is 21.9. The summed E-state index contributed by atoms with van der Waals surface area (Å²) < 4.78 is 11.8. The van der Waals surface area contributed by atoms with Crippen LogP contribution in [0.15, 0.2) is 23.8 Å². The van der Waals surface area contributed by atoms with Gasteiger partial charge in [-0.1, -0.05) is 45.3 Å². The maximum atomic E-state index is 12.6. The van der Waals surface area contributed by atoms with Crippen LogP contribution in [0.3, 0.4) is 0 Å². The summed E-state index contributed by atoms with van der Waals surface area (Å²) in [6.45, 7) is 5.11. The number of aliphatic hydroxyl groups is 2. The lowest BCUT2D eigenvalue weighted by Crippen LogP contribution is -2.60. The summed E-state index contributed by atoms with van der Waals surface area (Å²) in [4.78, 5) is 12.6. The van der Waals surface area contributed by atoms with E-state index in [4.69, 9.17) is 9.47 Å². The molecular weight excluding hydrogens is 392 g/mol. The SMILES string of the molecule is C[C@]1(CO)[C@H]2CC[C@@]3(CO3)[C@@H](/C=C/C3=CC(C4CCCCC4)OC3=O)[C@]2(C)CC[C@H]1O. The first kappa shape index (κ1) is 21.7. The molecule has 0 bridgehead atoms. The maximum Gasteiger partial charge on any atom is 0.338 e. The van der Waals surface area contributed by atoms with E-state index in [1.807, 2.05) is 19.1 Å². The molecule has 0 aromatic rings. The van der Waals surface area contributed by atoms with Crippen molar-refractivity contribution in [2.45, 2.75) is 89.4 Å². The third-order valence-electron chi connectivity index (χ3n) is 9.70. The smallest absolute Gasteiger partial charge is 0.338 e. The molecule has 31 heavy (non-hydrogen) atoms. The van der Waals surface area contributed by atoms with Crippen molar-refractivity contribution in [1.82, 2.24) is 0 Å². The molecule has 5 heteroatoms. The van der Waals surface area contributed by atoms with Crippen LogP contribution < -0.4 is 0 Å². The third kappa shape index (κ3) is 3.43. The van der Waals surface area contributed by atoms with Crippen molar-refractivity contribution < 1.29 is 24.5 Å². The second-order valence-corrected chi connectivity index (χ2v) is 11.4. The predicted molar refractivity (Wildman–Crippen MR) is 117 cm³/mol. The molecule has 5 nitrogen and oxygen atoms in total. The van der Waals surface area contributed by atoms with E-state index in [1.165, 1.54) is 19.3 Å². The quantitative estimate of drug-likeness (QED) is 0.522. The van der Waals surface area contributed by atoms with E-state index in [-0.39, 0.29) is 41.5 Å². The fraction of sp³-hybridized carbons (Fsp3) is 0.808. The molecular formula is C26H38O5. The second-order valence-electron chi connectivity index (χ2n) is 11.4. The average Bonchev–Trinajstić information content (AvgIpc) is 3.45. The number of rotatable bonds is 4. The molecule has 7 atom stereocenters. The predicted octanol–water partition coefficient (Wildman–Crippen LogP) is 3.93. The van der Waals surface area contributed by atoms with Crippen LogP contribution in [0.5, 0.6) is 0 Å². The van der Waals surface area contributed by atoms with Crippen molar-refractivity contribution in [3.63, 3.8) is 0 Å². The number of ether oxygens (including phenoxy) is 2. The van der Waals surface area contributed by atoms with Crippen LogP contribution in [-0.2, 0) is 14.3 Å². The Morgan fingerprint density at radius 1 is 1.13 bits per heavy atom. The highest BCUT2D eigenvalue weighted by atomic mass is 16.6. The second kappa shape index (κ2) is 7.71. The summed E-state index contributed by atoms with van der Waals surface area (Å²) in [7, 11) is 0. The van der Waals surface area contributed by atoms with Gasteiger partial charge in [0.2, 0.25) is 0 Å². The highest BCUT2D eigenvalue weighted by Crippen LogP contribution is 2.65. The van der Waals surface area contributed by atoms with E-state index in [1.54, 1.807) is 0 Å². The minimum Gasteiger partial charge on any atom is -0.454 e. The number of carbonyl (C=O) groups is 1. The molecule has 5 aliphatic rings. The van der Waals surface area contributed by atoms with Crippen molar-refractivity contribution in [2.24, 2.45) is 28.6 Å². The lowest BCUT2D eigenvalue weighted by atomic mass is 9.45. The number of hydrogen-bond acceptors (Lipinski definition) is 5. The normalized spacial score (nSPS) is 48.0. The minimum absolute atomic E-state index is 0.000732. The number of aliphatic hydroxyl groups excluding tert-OH is 2. The molecule has 3 saturated carbocycles. The van der Waals surface area contributed by atoms with Crippen LogP contribution in [0, 0.1) is 28.6 Å². The summed E-state index contributed by atoms with van der Waals surface area (Å²) in [5.41, 5.74) is -0.0364. The van der Waals surface area contributed by atoms with Gasteiger partial charge in [0.05, 0.1) is 30.5 Å². The number of hydrogen-bond donors (Lipinski definition) is 2. The minimum atomic E-state index is -0.493. The Kier molecular flexibility index (Phi) is 5.39. The zero-order valence-electron chi connectivity index (χ0n) is 19.0. The van der Waals surface area contributed by atoms with Crippen LogP contribution in [0.4, 0.5) is 0 Å². The molecule has 1 spiro atoms. The zero-order valence-corrected chi connectivity index (χ0v) is 19.0. The highest BCUT2D eigenvalue weighted by molar-refractivity contribution is 5.93. The van der Waals surface area contributed by atoms with Crippen molar-refractivity contribution >= 4 is 5.97 Å². The van der Waals surface area contributed by atoms with E-state index in [2.05, 4.69) is 13.0 Å². The Morgan fingerprint density at radius 2 is 1.87 bits per heavy atom. The molecule has 172 valence electrons. The highest BCUT2D eigenvalue weighted by Gasteiger charge is 2.66. The summed E-state index contributed by atoms with van der Waals surface area (Å²) in [6, 6.07) is 0. The molecule has 2 heterocycles. The van der Waals surface area contributed by atoms with Gasteiger partial charge >= 0.3 is 5.97 Å². The Balaban J connectivity index is 1.40. The maximum absolute atomic E-state index is 12.6. The van der Waals surface area contributed by atoms with Gasteiger partial charge in [0.15, 0.2) is 0 Å². The van der Waals surface area contributed by atoms with Crippen LogP contribution in [-0.4, -0.2) is 47.2 Å². The van der Waals surface area contributed by atoms with Gasteiger partial charge in [-0.2, -0.15) is 0 Å². The summed E-state index contributed by atoms with van der Waals surface area (Å²) in [5.74, 6) is 0.648. The van der Waals surface area contributed by atoms with Crippen molar-refractivity contribution in [1.29, 1.82) is 0 Å². The standard InChI is InChI=1S/C26H38O5/c1-24-12-11-22(28)25(2,15-27)20(24)10-13-26(16-30-26)21(24)9-8-18-14-19(31-23(18)29)17-6-4-3-5-7-17/h8-9,14,17,19-22,27-28H,3-7,10-13,15-16H2,1-2H3/b9-8+/t19?,20-,21-,22+,24+,25-,26+/m0/s1. The molecule has 0 radical (unpaired) electrons. The molecule has 3 aliphatic carbocycles. The van der Waals surface area contributed by atoms with Crippen LogP contribution in [0.1, 0.15) is 71.6 Å². The molecule has 2 aliphatic heterocycles.